The normalized spacial score (nSPS) is 14.4. The third-order valence-electron chi connectivity index (χ3n) is 6.62. The minimum atomic E-state index is -0.238. The standard InChI is InChI=1S/C28H35N3O2/c1-4-6-7-10-19-30(27(32)21-15-16-21)25(5-2)26-29-24-12-9-8-11-23(24)28(33)31(26)22-17-13-20(3)14-18-22/h8-9,11-14,17-18,21,25H,4-7,10,15-16,19H2,1-3H3. The summed E-state index contributed by atoms with van der Waals surface area (Å²) in [6.07, 6.45) is 7.07. The Morgan fingerprint density at radius 2 is 1.79 bits per heavy atom. The van der Waals surface area contributed by atoms with Gasteiger partial charge in [-0.05, 0) is 56.9 Å². The lowest BCUT2D eigenvalue weighted by molar-refractivity contribution is -0.135. The van der Waals surface area contributed by atoms with Crippen LogP contribution in [0, 0.1) is 12.8 Å². The largest absolute Gasteiger partial charge is 0.332 e. The average Bonchev–Trinajstić information content (AvgIpc) is 3.67. The monoisotopic (exact) mass is 445 g/mol. The molecule has 1 fully saturated rings. The molecule has 4 rings (SSSR count). The molecule has 0 saturated heterocycles. The van der Waals surface area contributed by atoms with E-state index in [2.05, 4.69) is 13.8 Å². The third-order valence-corrected chi connectivity index (χ3v) is 6.62. The lowest BCUT2D eigenvalue weighted by Crippen LogP contribution is -2.40. The molecule has 5 nitrogen and oxygen atoms in total. The first-order valence-electron chi connectivity index (χ1n) is 12.4. The highest BCUT2D eigenvalue weighted by atomic mass is 16.2. The molecule has 0 radical (unpaired) electrons. The molecule has 0 bridgehead atoms. The Balaban J connectivity index is 1.85. The minimum absolute atomic E-state index is 0.0808. The second kappa shape index (κ2) is 10.3. The maximum absolute atomic E-state index is 13.7. The summed E-state index contributed by atoms with van der Waals surface area (Å²) < 4.78 is 1.73. The van der Waals surface area contributed by atoms with Crippen molar-refractivity contribution < 1.29 is 4.79 Å². The van der Waals surface area contributed by atoms with E-state index >= 15 is 0 Å². The SMILES string of the molecule is CCCCCCN(C(=O)C1CC1)C(CC)c1nc2ccccc2c(=O)n1-c1ccc(C)cc1. The van der Waals surface area contributed by atoms with Crippen LogP contribution in [-0.2, 0) is 4.79 Å². The number of nitrogens with zero attached hydrogens (tertiary/aromatic N) is 3. The Hall–Kier alpha value is -2.95. The fraction of sp³-hybridized carbons (Fsp3) is 0.464. The molecule has 0 N–H and O–H groups in total. The van der Waals surface area contributed by atoms with E-state index in [9.17, 15) is 9.59 Å². The highest BCUT2D eigenvalue weighted by molar-refractivity contribution is 5.82. The number of carbonyl (C=O) groups excluding carboxylic acids is 1. The van der Waals surface area contributed by atoms with E-state index in [1.807, 2.05) is 60.4 Å². The van der Waals surface area contributed by atoms with Crippen molar-refractivity contribution in [3.63, 3.8) is 0 Å². The molecule has 1 aromatic heterocycles. The summed E-state index contributed by atoms with van der Waals surface area (Å²) in [5.74, 6) is 1.01. The number of fused-ring (bicyclic) bond motifs is 1. The van der Waals surface area contributed by atoms with E-state index in [1.165, 1.54) is 6.42 Å². The van der Waals surface area contributed by atoms with Crippen molar-refractivity contribution in [3.8, 4) is 5.69 Å². The highest BCUT2D eigenvalue weighted by Gasteiger charge is 2.37. The fourth-order valence-electron chi connectivity index (χ4n) is 4.55. The molecule has 1 aliphatic carbocycles. The van der Waals surface area contributed by atoms with Gasteiger partial charge in [-0.15, -0.1) is 0 Å². The van der Waals surface area contributed by atoms with Gasteiger partial charge in [0.2, 0.25) is 5.91 Å². The van der Waals surface area contributed by atoms with Gasteiger partial charge in [-0.25, -0.2) is 4.98 Å². The molecular weight excluding hydrogens is 410 g/mol. The topological polar surface area (TPSA) is 55.2 Å². The van der Waals surface area contributed by atoms with Gasteiger partial charge in [0.05, 0.1) is 22.6 Å². The van der Waals surface area contributed by atoms with Crippen LogP contribution in [0.3, 0.4) is 0 Å². The first-order valence-corrected chi connectivity index (χ1v) is 12.4. The number of carbonyl (C=O) groups is 1. The van der Waals surface area contributed by atoms with Crippen molar-refractivity contribution in [2.45, 2.75) is 71.8 Å². The zero-order valence-electron chi connectivity index (χ0n) is 20.1. The van der Waals surface area contributed by atoms with E-state index in [0.29, 0.717) is 29.7 Å². The predicted octanol–water partition coefficient (Wildman–Crippen LogP) is 5.96. The van der Waals surface area contributed by atoms with Crippen LogP contribution in [0.15, 0.2) is 53.3 Å². The number of aromatic nitrogens is 2. The molecule has 1 heterocycles. The molecule has 1 aliphatic rings. The molecule has 2 aromatic carbocycles. The van der Waals surface area contributed by atoms with Crippen LogP contribution < -0.4 is 5.56 Å². The number of unbranched alkanes of at least 4 members (excludes halogenated alkanes) is 3. The van der Waals surface area contributed by atoms with Gasteiger partial charge in [-0.3, -0.25) is 14.2 Å². The Morgan fingerprint density at radius 1 is 1.06 bits per heavy atom. The van der Waals surface area contributed by atoms with Crippen LogP contribution in [0.1, 0.15) is 76.2 Å². The molecule has 1 atom stereocenters. The van der Waals surface area contributed by atoms with E-state index < -0.39 is 0 Å². The van der Waals surface area contributed by atoms with Crippen LogP contribution >= 0.6 is 0 Å². The van der Waals surface area contributed by atoms with E-state index in [0.717, 1.165) is 43.4 Å². The van der Waals surface area contributed by atoms with Crippen molar-refractivity contribution in [1.82, 2.24) is 14.5 Å². The number of amides is 1. The quantitative estimate of drug-likeness (QED) is 0.362. The summed E-state index contributed by atoms with van der Waals surface area (Å²) in [5.41, 5.74) is 2.53. The number of hydrogen-bond acceptors (Lipinski definition) is 3. The fourth-order valence-corrected chi connectivity index (χ4v) is 4.55. The first kappa shape index (κ1) is 23.2. The maximum atomic E-state index is 13.7. The molecule has 0 spiro atoms. The van der Waals surface area contributed by atoms with E-state index in [-0.39, 0.29) is 23.4 Å². The van der Waals surface area contributed by atoms with Gasteiger partial charge in [-0.2, -0.15) is 0 Å². The molecule has 1 amide bonds. The second-order valence-corrected chi connectivity index (χ2v) is 9.25. The van der Waals surface area contributed by atoms with E-state index in [4.69, 9.17) is 4.98 Å². The Kier molecular flexibility index (Phi) is 7.26. The van der Waals surface area contributed by atoms with Gasteiger partial charge >= 0.3 is 0 Å². The summed E-state index contributed by atoms with van der Waals surface area (Å²) >= 11 is 0. The summed E-state index contributed by atoms with van der Waals surface area (Å²) in [7, 11) is 0. The van der Waals surface area contributed by atoms with Gasteiger partial charge in [-0.1, -0.05) is 62.9 Å². The summed E-state index contributed by atoms with van der Waals surface area (Å²) in [4.78, 5) is 34.1. The number of aryl methyl sites for hydroxylation is 1. The van der Waals surface area contributed by atoms with Gasteiger partial charge in [0.15, 0.2) is 0 Å². The van der Waals surface area contributed by atoms with Crippen molar-refractivity contribution in [3.05, 3.63) is 70.3 Å². The smallest absolute Gasteiger partial charge is 0.266 e. The van der Waals surface area contributed by atoms with Crippen molar-refractivity contribution >= 4 is 16.8 Å². The zero-order chi connectivity index (χ0) is 23.4. The summed E-state index contributed by atoms with van der Waals surface area (Å²) in [6, 6.07) is 15.2. The lowest BCUT2D eigenvalue weighted by atomic mass is 10.1. The number of benzene rings is 2. The molecule has 174 valence electrons. The number of rotatable bonds is 10. The first-order chi connectivity index (χ1) is 16.0. The van der Waals surface area contributed by atoms with Crippen LogP contribution in [0.25, 0.3) is 16.6 Å². The third kappa shape index (κ3) is 5.02. The highest BCUT2D eigenvalue weighted by Crippen LogP contribution is 2.35. The summed E-state index contributed by atoms with van der Waals surface area (Å²) in [6.45, 7) is 7.03. The maximum Gasteiger partial charge on any atom is 0.266 e. The Labute approximate surface area is 196 Å². The number of para-hydroxylation sites is 1. The molecule has 3 aromatic rings. The van der Waals surface area contributed by atoms with Gasteiger partial charge in [0.25, 0.3) is 5.56 Å². The molecule has 1 saturated carbocycles. The Bertz CT molecular complexity index is 1160. The van der Waals surface area contributed by atoms with Gasteiger partial charge in [0.1, 0.15) is 5.82 Å². The van der Waals surface area contributed by atoms with Crippen LogP contribution in [-0.4, -0.2) is 26.9 Å². The summed E-state index contributed by atoms with van der Waals surface area (Å²) in [5, 5.41) is 0.597. The molecule has 33 heavy (non-hydrogen) atoms. The average molecular weight is 446 g/mol. The van der Waals surface area contributed by atoms with E-state index in [1.54, 1.807) is 4.57 Å². The number of hydrogen-bond donors (Lipinski definition) is 0. The Morgan fingerprint density at radius 3 is 2.45 bits per heavy atom. The van der Waals surface area contributed by atoms with Crippen LogP contribution in [0.2, 0.25) is 0 Å². The van der Waals surface area contributed by atoms with Crippen LogP contribution in [0.4, 0.5) is 0 Å². The predicted molar refractivity (Wildman–Crippen MR) is 134 cm³/mol. The zero-order valence-corrected chi connectivity index (χ0v) is 20.1. The van der Waals surface area contributed by atoms with Gasteiger partial charge in [0, 0.05) is 12.5 Å². The molecular formula is C28H35N3O2. The van der Waals surface area contributed by atoms with Crippen molar-refractivity contribution in [2.24, 2.45) is 5.92 Å². The molecule has 1 unspecified atom stereocenters. The van der Waals surface area contributed by atoms with Crippen molar-refractivity contribution in [1.29, 1.82) is 0 Å². The molecule has 5 heteroatoms. The second-order valence-electron chi connectivity index (χ2n) is 9.25. The van der Waals surface area contributed by atoms with Gasteiger partial charge < -0.3 is 4.90 Å². The van der Waals surface area contributed by atoms with Crippen LogP contribution in [0.5, 0.6) is 0 Å². The molecule has 0 aliphatic heterocycles. The van der Waals surface area contributed by atoms with Crippen molar-refractivity contribution in [2.75, 3.05) is 6.54 Å². The lowest BCUT2D eigenvalue weighted by Gasteiger charge is -2.32. The minimum Gasteiger partial charge on any atom is -0.332 e.